The van der Waals surface area contributed by atoms with Crippen LogP contribution in [0.1, 0.15) is 40.0 Å². The third-order valence-electron chi connectivity index (χ3n) is 4.88. The quantitative estimate of drug-likeness (QED) is 0.319. The minimum absolute atomic E-state index is 0.266. The smallest absolute Gasteiger partial charge is 0.326 e. The molecule has 1 aliphatic heterocycles. The summed E-state index contributed by atoms with van der Waals surface area (Å²) in [6.45, 7) is 4.81. The zero-order chi connectivity index (χ0) is 20.7. The summed E-state index contributed by atoms with van der Waals surface area (Å²) >= 11 is 0. The van der Waals surface area contributed by atoms with E-state index in [0.29, 0.717) is 25.8 Å². The van der Waals surface area contributed by atoms with Crippen molar-refractivity contribution in [1.29, 1.82) is 0 Å². The van der Waals surface area contributed by atoms with E-state index in [-0.39, 0.29) is 5.92 Å². The highest BCUT2D eigenvalue weighted by Crippen LogP contribution is 2.18. The first-order valence-electron chi connectivity index (χ1n) is 9.14. The molecule has 3 amide bonds. The minimum atomic E-state index is -1.14. The van der Waals surface area contributed by atoms with Gasteiger partial charge in [0.2, 0.25) is 17.7 Å². The van der Waals surface area contributed by atoms with Gasteiger partial charge in [0.05, 0.1) is 6.61 Å². The first-order chi connectivity index (χ1) is 12.6. The summed E-state index contributed by atoms with van der Waals surface area (Å²) in [7, 11) is 0. The number of hydrogen-bond acceptors (Lipinski definition) is 6. The fourth-order valence-corrected chi connectivity index (χ4v) is 2.93. The molecule has 5 unspecified atom stereocenters. The van der Waals surface area contributed by atoms with E-state index in [1.165, 1.54) is 11.8 Å². The largest absolute Gasteiger partial charge is 0.480 e. The van der Waals surface area contributed by atoms with E-state index in [0.717, 1.165) is 0 Å². The van der Waals surface area contributed by atoms with Crippen LogP contribution in [0, 0.1) is 5.92 Å². The normalized spacial score (nSPS) is 21.1. The molecular formula is C17H30N4O6. The first kappa shape index (κ1) is 22.8. The highest BCUT2D eigenvalue weighted by Gasteiger charge is 2.37. The average molecular weight is 386 g/mol. The zero-order valence-corrected chi connectivity index (χ0v) is 16.0. The maximum Gasteiger partial charge on any atom is 0.326 e. The number of hydrogen-bond donors (Lipinski definition) is 5. The van der Waals surface area contributed by atoms with Crippen LogP contribution < -0.4 is 16.4 Å². The summed E-state index contributed by atoms with van der Waals surface area (Å²) in [6.07, 6.45) is 1.61. The topological polar surface area (TPSA) is 162 Å². The number of aliphatic carboxylic acids is 1. The van der Waals surface area contributed by atoms with E-state index < -0.39 is 54.5 Å². The molecule has 27 heavy (non-hydrogen) atoms. The van der Waals surface area contributed by atoms with Crippen LogP contribution >= 0.6 is 0 Å². The number of amides is 3. The molecule has 5 atom stereocenters. The number of likely N-dealkylation sites (tertiary alicyclic amines) is 1. The monoisotopic (exact) mass is 386 g/mol. The van der Waals surface area contributed by atoms with Gasteiger partial charge in [-0.3, -0.25) is 14.4 Å². The Bertz CT molecular complexity index is 570. The van der Waals surface area contributed by atoms with Crippen LogP contribution in [0.2, 0.25) is 0 Å². The van der Waals surface area contributed by atoms with Crippen LogP contribution in [-0.4, -0.2) is 76.1 Å². The third-order valence-corrected chi connectivity index (χ3v) is 4.88. The molecule has 10 nitrogen and oxygen atoms in total. The number of carbonyl (C=O) groups excluding carboxylic acids is 3. The summed E-state index contributed by atoms with van der Waals surface area (Å²) < 4.78 is 0. The molecule has 0 spiro atoms. The molecule has 1 fully saturated rings. The van der Waals surface area contributed by atoms with Crippen LogP contribution in [-0.2, 0) is 19.2 Å². The summed E-state index contributed by atoms with van der Waals surface area (Å²) in [5.41, 5.74) is 5.54. The molecule has 154 valence electrons. The average Bonchev–Trinajstić information content (AvgIpc) is 3.13. The fraction of sp³-hybridized carbons (Fsp3) is 0.765. The molecule has 1 heterocycles. The van der Waals surface area contributed by atoms with Gasteiger partial charge in [0.25, 0.3) is 0 Å². The van der Waals surface area contributed by atoms with E-state index in [9.17, 15) is 24.3 Å². The van der Waals surface area contributed by atoms with Gasteiger partial charge in [-0.1, -0.05) is 20.3 Å². The highest BCUT2D eigenvalue weighted by molar-refractivity contribution is 5.94. The lowest BCUT2D eigenvalue weighted by atomic mass is 9.99. The predicted octanol–water partition coefficient (Wildman–Crippen LogP) is -1.58. The lowest BCUT2D eigenvalue weighted by molar-refractivity contribution is -0.144. The van der Waals surface area contributed by atoms with Gasteiger partial charge in [-0.15, -0.1) is 0 Å². The van der Waals surface area contributed by atoms with Crippen molar-refractivity contribution in [2.75, 3.05) is 13.2 Å². The van der Waals surface area contributed by atoms with Crippen LogP contribution in [0.5, 0.6) is 0 Å². The van der Waals surface area contributed by atoms with Crippen molar-refractivity contribution in [3.8, 4) is 0 Å². The van der Waals surface area contributed by atoms with Crippen molar-refractivity contribution in [3.05, 3.63) is 0 Å². The van der Waals surface area contributed by atoms with Gasteiger partial charge in [0.1, 0.15) is 24.2 Å². The number of carbonyl (C=O) groups is 4. The number of carboxylic acids is 1. The van der Waals surface area contributed by atoms with Gasteiger partial charge in [0.15, 0.2) is 0 Å². The Morgan fingerprint density at radius 2 is 1.85 bits per heavy atom. The molecule has 0 bridgehead atoms. The van der Waals surface area contributed by atoms with Crippen LogP contribution in [0.25, 0.3) is 0 Å². The number of rotatable bonds is 9. The van der Waals surface area contributed by atoms with E-state index >= 15 is 0 Å². The number of nitrogens with two attached hydrogens (primary N) is 1. The minimum Gasteiger partial charge on any atom is -0.480 e. The Kier molecular flexibility index (Phi) is 8.64. The first-order valence-corrected chi connectivity index (χ1v) is 9.14. The van der Waals surface area contributed by atoms with Gasteiger partial charge >= 0.3 is 5.97 Å². The third kappa shape index (κ3) is 5.90. The number of carboxylic acid groups (broad SMARTS) is 1. The predicted molar refractivity (Wildman–Crippen MR) is 96.4 cm³/mol. The second-order valence-electron chi connectivity index (χ2n) is 6.92. The molecule has 0 aromatic heterocycles. The van der Waals surface area contributed by atoms with Crippen LogP contribution in [0.4, 0.5) is 0 Å². The standard InChI is InChI=1S/C17H30N4O6/c1-4-9(2)13(17(26)27)20-14(23)10(3)19-15(24)12-6-5-7-21(12)16(25)11(18)8-22/h9-13,22H,4-8,18H2,1-3H3,(H,19,24)(H,20,23)(H,26,27). The molecule has 1 saturated heterocycles. The molecular weight excluding hydrogens is 356 g/mol. The van der Waals surface area contributed by atoms with Gasteiger partial charge in [-0.2, -0.15) is 0 Å². The Labute approximate surface area is 158 Å². The van der Waals surface area contributed by atoms with E-state index in [1.54, 1.807) is 6.92 Å². The summed E-state index contributed by atoms with van der Waals surface area (Å²) in [5.74, 6) is -3.04. The van der Waals surface area contributed by atoms with Crippen molar-refractivity contribution in [3.63, 3.8) is 0 Å². The fourth-order valence-electron chi connectivity index (χ4n) is 2.93. The molecule has 1 aliphatic rings. The van der Waals surface area contributed by atoms with Gasteiger partial charge in [0, 0.05) is 6.54 Å². The maximum absolute atomic E-state index is 12.5. The second kappa shape index (κ2) is 10.2. The van der Waals surface area contributed by atoms with E-state index in [4.69, 9.17) is 10.8 Å². The second-order valence-corrected chi connectivity index (χ2v) is 6.92. The summed E-state index contributed by atoms with van der Waals surface area (Å²) in [5, 5.41) is 23.2. The number of aliphatic hydroxyl groups excluding tert-OH is 1. The van der Waals surface area contributed by atoms with Crippen LogP contribution in [0.3, 0.4) is 0 Å². The SMILES string of the molecule is CCC(C)C(NC(=O)C(C)NC(=O)C1CCCN1C(=O)C(N)CO)C(=O)O. The molecule has 10 heteroatoms. The van der Waals surface area contributed by atoms with Crippen LogP contribution in [0.15, 0.2) is 0 Å². The highest BCUT2D eigenvalue weighted by atomic mass is 16.4. The van der Waals surface area contributed by atoms with E-state index in [2.05, 4.69) is 10.6 Å². The van der Waals surface area contributed by atoms with Gasteiger partial charge in [-0.25, -0.2) is 4.79 Å². The Morgan fingerprint density at radius 3 is 2.37 bits per heavy atom. The molecule has 6 N–H and O–H groups in total. The number of aliphatic hydroxyl groups is 1. The van der Waals surface area contributed by atoms with Crippen molar-refractivity contribution in [1.82, 2.24) is 15.5 Å². The Morgan fingerprint density at radius 1 is 1.22 bits per heavy atom. The van der Waals surface area contributed by atoms with Gasteiger partial charge in [-0.05, 0) is 25.7 Å². The summed E-state index contributed by atoms with van der Waals surface area (Å²) in [4.78, 5) is 49.5. The van der Waals surface area contributed by atoms with E-state index in [1.807, 2.05) is 6.92 Å². The molecule has 0 saturated carbocycles. The van der Waals surface area contributed by atoms with Crippen molar-refractivity contribution < 1.29 is 29.4 Å². The van der Waals surface area contributed by atoms with Crippen molar-refractivity contribution >= 4 is 23.7 Å². The van der Waals surface area contributed by atoms with Crippen molar-refractivity contribution in [2.24, 2.45) is 11.7 Å². The molecule has 0 radical (unpaired) electrons. The van der Waals surface area contributed by atoms with Gasteiger partial charge < -0.3 is 31.5 Å². The Hall–Kier alpha value is -2.20. The number of nitrogens with one attached hydrogen (secondary N) is 2. The Balaban J connectivity index is 2.70. The summed E-state index contributed by atoms with van der Waals surface area (Å²) in [6, 6.07) is -3.87. The lowest BCUT2D eigenvalue weighted by Crippen LogP contribution is -2.56. The van der Waals surface area contributed by atoms with Crippen molar-refractivity contribution in [2.45, 2.75) is 64.2 Å². The zero-order valence-electron chi connectivity index (χ0n) is 16.0. The molecule has 1 rings (SSSR count). The molecule has 0 aromatic carbocycles. The lowest BCUT2D eigenvalue weighted by Gasteiger charge is -2.27. The number of nitrogens with zero attached hydrogens (tertiary/aromatic N) is 1. The molecule has 0 aromatic rings. The maximum atomic E-state index is 12.5. The molecule has 0 aliphatic carbocycles.